The maximum Gasteiger partial charge on any atom is 0.239 e. The Hall–Kier alpha value is -0.570. The predicted molar refractivity (Wildman–Crippen MR) is 69.3 cm³/mol. The van der Waals surface area contributed by atoms with Gasteiger partial charge in [-0.2, -0.15) is 0 Å². The van der Waals surface area contributed by atoms with Crippen LogP contribution in [0.15, 0.2) is 0 Å². The number of hydrogen-bond donors (Lipinski definition) is 1. The summed E-state index contributed by atoms with van der Waals surface area (Å²) in [7, 11) is 0. The van der Waals surface area contributed by atoms with Crippen LogP contribution in [-0.4, -0.2) is 29.4 Å². The number of carbonyl (C=O) groups excluding carboxylic acids is 1. The third-order valence-corrected chi connectivity index (χ3v) is 2.83. The summed E-state index contributed by atoms with van der Waals surface area (Å²) >= 11 is 0. The minimum Gasteiger partial charge on any atom is -0.339 e. The van der Waals surface area contributed by atoms with Crippen molar-refractivity contribution in [2.45, 2.75) is 71.9 Å². The Morgan fingerprint density at radius 1 is 1.19 bits per heavy atom. The molecule has 0 aromatic carbocycles. The lowest BCUT2D eigenvalue weighted by molar-refractivity contribution is -0.134. The monoisotopic (exact) mass is 228 g/mol. The molecule has 0 fully saturated rings. The first-order valence-electron chi connectivity index (χ1n) is 6.60. The second kappa shape index (κ2) is 8.57. The van der Waals surface area contributed by atoms with E-state index in [2.05, 4.69) is 27.7 Å². The summed E-state index contributed by atoms with van der Waals surface area (Å²) in [5.41, 5.74) is 5.88. The number of carbonyl (C=O) groups is 1. The molecule has 0 spiro atoms. The van der Waals surface area contributed by atoms with Gasteiger partial charge in [-0.3, -0.25) is 4.79 Å². The summed E-state index contributed by atoms with van der Waals surface area (Å²) in [5.74, 6) is 0.118. The Morgan fingerprint density at radius 2 is 1.81 bits per heavy atom. The van der Waals surface area contributed by atoms with Crippen molar-refractivity contribution in [3.63, 3.8) is 0 Å². The summed E-state index contributed by atoms with van der Waals surface area (Å²) in [6.07, 6.45) is 5.20. The molecule has 2 N–H and O–H groups in total. The number of rotatable bonds is 8. The molecule has 0 rings (SSSR count). The van der Waals surface area contributed by atoms with Gasteiger partial charge in [-0.15, -0.1) is 0 Å². The highest BCUT2D eigenvalue weighted by Crippen LogP contribution is 2.07. The zero-order valence-corrected chi connectivity index (χ0v) is 11.3. The van der Waals surface area contributed by atoms with Crippen LogP contribution in [0.1, 0.15) is 59.8 Å². The molecular formula is C13H28N2O. The Kier molecular flexibility index (Phi) is 8.26. The van der Waals surface area contributed by atoms with Crippen molar-refractivity contribution in [1.82, 2.24) is 4.90 Å². The molecule has 0 bridgehead atoms. The van der Waals surface area contributed by atoms with Crippen molar-refractivity contribution < 1.29 is 4.79 Å². The third-order valence-electron chi connectivity index (χ3n) is 2.83. The molecule has 0 saturated carbocycles. The van der Waals surface area contributed by atoms with Gasteiger partial charge in [-0.25, -0.2) is 0 Å². The maximum absolute atomic E-state index is 12.1. The number of hydrogen-bond acceptors (Lipinski definition) is 2. The molecule has 0 saturated heterocycles. The fourth-order valence-electron chi connectivity index (χ4n) is 1.80. The largest absolute Gasteiger partial charge is 0.339 e. The molecular weight excluding hydrogens is 200 g/mol. The van der Waals surface area contributed by atoms with E-state index in [1.165, 1.54) is 12.8 Å². The lowest BCUT2D eigenvalue weighted by atomic mass is 10.1. The van der Waals surface area contributed by atoms with E-state index in [-0.39, 0.29) is 18.0 Å². The van der Waals surface area contributed by atoms with Crippen LogP contribution >= 0.6 is 0 Å². The van der Waals surface area contributed by atoms with Gasteiger partial charge in [0.15, 0.2) is 0 Å². The minimum absolute atomic E-state index is 0.118. The second-order valence-corrected chi connectivity index (χ2v) is 4.73. The number of nitrogens with two attached hydrogens (primary N) is 1. The van der Waals surface area contributed by atoms with Crippen molar-refractivity contribution in [2.75, 3.05) is 6.54 Å². The first-order chi connectivity index (χ1) is 7.54. The Morgan fingerprint density at radius 3 is 2.25 bits per heavy atom. The quantitative estimate of drug-likeness (QED) is 0.649. The lowest BCUT2D eigenvalue weighted by Crippen LogP contribution is -2.47. The standard InChI is InChI=1S/C13H28N2O/c1-5-7-8-10-15(11(3)4)13(16)12(14)9-6-2/h11-12H,5-10,14H2,1-4H3/t12-/m1/s1. The van der Waals surface area contributed by atoms with Gasteiger partial charge in [0.05, 0.1) is 6.04 Å². The van der Waals surface area contributed by atoms with Crippen LogP contribution < -0.4 is 5.73 Å². The lowest BCUT2D eigenvalue weighted by Gasteiger charge is -2.29. The van der Waals surface area contributed by atoms with Crippen molar-refractivity contribution >= 4 is 5.91 Å². The maximum atomic E-state index is 12.1. The van der Waals surface area contributed by atoms with Gasteiger partial charge in [-0.1, -0.05) is 33.1 Å². The van der Waals surface area contributed by atoms with Gasteiger partial charge >= 0.3 is 0 Å². The van der Waals surface area contributed by atoms with Gasteiger partial charge in [0.25, 0.3) is 0 Å². The van der Waals surface area contributed by atoms with E-state index in [4.69, 9.17) is 5.73 Å². The van der Waals surface area contributed by atoms with E-state index in [1.807, 2.05) is 4.90 Å². The summed E-state index contributed by atoms with van der Waals surface area (Å²) in [5, 5.41) is 0. The van der Waals surface area contributed by atoms with Crippen LogP contribution in [0.25, 0.3) is 0 Å². The van der Waals surface area contributed by atoms with Gasteiger partial charge in [0.2, 0.25) is 5.91 Å². The van der Waals surface area contributed by atoms with Gasteiger partial charge in [-0.05, 0) is 26.7 Å². The number of nitrogens with zero attached hydrogens (tertiary/aromatic N) is 1. The van der Waals surface area contributed by atoms with E-state index in [1.54, 1.807) is 0 Å². The molecule has 0 heterocycles. The molecule has 0 aromatic heterocycles. The Bertz CT molecular complexity index is 192. The zero-order valence-electron chi connectivity index (χ0n) is 11.3. The zero-order chi connectivity index (χ0) is 12.6. The van der Waals surface area contributed by atoms with Crippen LogP contribution in [-0.2, 0) is 4.79 Å². The highest BCUT2D eigenvalue weighted by atomic mass is 16.2. The molecule has 0 aromatic rings. The van der Waals surface area contributed by atoms with Crippen molar-refractivity contribution in [2.24, 2.45) is 5.73 Å². The molecule has 0 unspecified atom stereocenters. The van der Waals surface area contributed by atoms with Crippen LogP contribution in [0.3, 0.4) is 0 Å². The van der Waals surface area contributed by atoms with Crippen LogP contribution in [0, 0.1) is 0 Å². The van der Waals surface area contributed by atoms with Gasteiger partial charge in [0, 0.05) is 12.6 Å². The van der Waals surface area contributed by atoms with Crippen LogP contribution in [0.4, 0.5) is 0 Å². The molecule has 3 nitrogen and oxygen atoms in total. The summed E-state index contributed by atoms with van der Waals surface area (Å²) < 4.78 is 0. The highest BCUT2D eigenvalue weighted by Gasteiger charge is 2.21. The van der Waals surface area contributed by atoms with Gasteiger partial charge in [0.1, 0.15) is 0 Å². The molecule has 0 aliphatic heterocycles. The number of amides is 1. The fourth-order valence-corrected chi connectivity index (χ4v) is 1.80. The predicted octanol–water partition coefficient (Wildman–Crippen LogP) is 2.54. The molecule has 0 aliphatic rings. The smallest absolute Gasteiger partial charge is 0.239 e. The molecule has 0 aliphatic carbocycles. The third kappa shape index (κ3) is 5.50. The van der Waals surface area contributed by atoms with E-state index < -0.39 is 0 Å². The topological polar surface area (TPSA) is 46.3 Å². The molecule has 0 radical (unpaired) electrons. The first-order valence-corrected chi connectivity index (χ1v) is 6.60. The summed E-state index contributed by atoms with van der Waals surface area (Å²) in [6.45, 7) is 9.20. The average Bonchev–Trinajstić information content (AvgIpc) is 2.23. The number of unbranched alkanes of at least 4 members (excludes halogenated alkanes) is 2. The molecule has 1 amide bonds. The molecule has 16 heavy (non-hydrogen) atoms. The van der Waals surface area contributed by atoms with E-state index in [9.17, 15) is 4.79 Å². The second-order valence-electron chi connectivity index (χ2n) is 4.73. The van der Waals surface area contributed by atoms with Gasteiger partial charge < -0.3 is 10.6 Å². The van der Waals surface area contributed by atoms with E-state index in [0.29, 0.717) is 0 Å². The minimum atomic E-state index is -0.311. The average molecular weight is 228 g/mol. The Balaban J connectivity index is 4.23. The highest BCUT2D eigenvalue weighted by molar-refractivity contribution is 5.81. The van der Waals surface area contributed by atoms with E-state index >= 15 is 0 Å². The van der Waals surface area contributed by atoms with Crippen molar-refractivity contribution in [3.8, 4) is 0 Å². The van der Waals surface area contributed by atoms with E-state index in [0.717, 1.165) is 25.8 Å². The summed E-state index contributed by atoms with van der Waals surface area (Å²) in [4.78, 5) is 14.0. The fraction of sp³-hybridized carbons (Fsp3) is 0.923. The van der Waals surface area contributed by atoms with Crippen LogP contribution in [0.2, 0.25) is 0 Å². The van der Waals surface area contributed by atoms with Crippen LogP contribution in [0.5, 0.6) is 0 Å². The summed E-state index contributed by atoms with van der Waals surface area (Å²) in [6, 6.07) is -0.0544. The Labute approximate surface area is 100 Å². The molecule has 96 valence electrons. The SMILES string of the molecule is CCCCCN(C(=O)[C@H](N)CCC)C(C)C. The normalized spacial score (nSPS) is 12.9. The molecule has 3 heteroatoms. The van der Waals surface area contributed by atoms with Crippen molar-refractivity contribution in [1.29, 1.82) is 0 Å². The molecule has 1 atom stereocenters. The first kappa shape index (κ1) is 15.4. The van der Waals surface area contributed by atoms with Crippen molar-refractivity contribution in [3.05, 3.63) is 0 Å².